The van der Waals surface area contributed by atoms with Crippen LogP contribution in [0.3, 0.4) is 0 Å². The lowest BCUT2D eigenvalue weighted by atomic mass is 9.99. The van der Waals surface area contributed by atoms with Gasteiger partial charge in [0.05, 0.1) is 13.7 Å². The summed E-state index contributed by atoms with van der Waals surface area (Å²) in [5.41, 5.74) is 6.35. The van der Waals surface area contributed by atoms with Crippen LogP contribution in [0.1, 0.15) is 51.0 Å². The quantitative estimate of drug-likeness (QED) is 0.475. The maximum atomic E-state index is 13.0. The summed E-state index contributed by atoms with van der Waals surface area (Å²) in [6.07, 6.45) is 1.59. The second-order valence-corrected chi connectivity index (χ2v) is 10.4. The molecule has 1 atom stereocenters. The average Bonchev–Trinajstić information content (AvgIpc) is 3.29. The first kappa shape index (κ1) is 25.1. The lowest BCUT2D eigenvalue weighted by molar-refractivity contribution is -0.136. The van der Waals surface area contributed by atoms with E-state index in [1.54, 1.807) is 24.1 Å². The van der Waals surface area contributed by atoms with E-state index in [1.807, 2.05) is 12.1 Å². The summed E-state index contributed by atoms with van der Waals surface area (Å²) < 4.78 is 11.5. The highest BCUT2D eigenvalue weighted by atomic mass is 16.5. The molecule has 200 valence electrons. The summed E-state index contributed by atoms with van der Waals surface area (Å²) in [4.78, 5) is 40.9. The fraction of sp³-hybridized carbons (Fsp3) is 0.323. The Hall–Kier alpha value is -4.17. The zero-order valence-corrected chi connectivity index (χ0v) is 21.9. The molecule has 1 saturated heterocycles. The number of hydrogen-bond donors (Lipinski definition) is 1. The standard InChI is InChI=1S/C31H31N3O5/c1-38-24-10-9-23-17-33(14-13-22(23)15-24)16-20-5-7-21(8-6-20)19-39-28-4-2-3-25-26(28)18-34(31(25)37)27-11-12-29(35)32-30(27)36/h2-10,15,27H,11-14,16-19H2,1H3,(H,32,35,36). The Kier molecular flexibility index (Phi) is 6.79. The van der Waals surface area contributed by atoms with Gasteiger partial charge in [-0.1, -0.05) is 36.4 Å². The van der Waals surface area contributed by atoms with Crippen LogP contribution in [0.5, 0.6) is 11.5 Å². The molecular formula is C31H31N3O5. The van der Waals surface area contributed by atoms with Gasteiger partial charge in [-0.2, -0.15) is 0 Å². The largest absolute Gasteiger partial charge is 0.497 e. The molecule has 6 rings (SSSR count). The summed E-state index contributed by atoms with van der Waals surface area (Å²) >= 11 is 0. The number of carbonyl (C=O) groups is 3. The number of piperidine rings is 1. The predicted molar refractivity (Wildman–Crippen MR) is 144 cm³/mol. The van der Waals surface area contributed by atoms with Crippen molar-refractivity contribution in [2.24, 2.45) is 0 Å². The van der Waals surface area contributed by atoms with Crippen molar-refractivity contribution in [1.29, 1.82) is 0 Å². The van der Waals surface area contributed by atoms with E-state index >= 15 is 0 Å². The summed E-state index contributed by atoms with van der Waals surface area (Å²) in [5.74, 6) is 0.650. The minimum atomic E-state index is -0.640. The number of amides is 3. The maximum absolute atomic E-state index is 13.0. The molecule has 1 fully saturated rings. The summed E-state index contributed by atoms with van der Waals surface area (Å²) in [5, 5.41) is 2.34. The minimum absolute atomic E-state index is 0.200. The Morgan fingerprint density at radius 2 is 1.74 bits per heavy atom. The maximum Gasteiger partial charge on any atom is 0.255 e. The van der Waals surface area contributed by atoms with E-state index in [2.05, 4.69) is 46.6 Å². The van der Waals surface area contributed by atoms with Crippen LogP contribution in [-0.2, 0) is 42.3 Å². The number of nitrogens with zero attached hydrogens (tertiary/aromatic N) is 2. The molecule has 1 N–H and O–H groups in total. The van der Waals surface area contributed by atoms with Gasteiger partial charge >= 0.3 is 0 Å². The Labute approximate surface area is 227 Å². The molecule has 0 radical (unpaired) electrons. The van der Waals surface area contributed by atoms with Crippen LogP contribution >= 0.6 is 0 Å². The lowest BCUT2D eigenvalue weighted by Crippen LogP contribution is -2.52. The highest BCUT2D eigenvalue weighted by molar-refractivity contribution is 6.05. The number of benzene rings is 3. The Balaban J connectivity index is 1.07. The van der Waals surface area contributed by atoms with Gasteiger partial charge in [-0.25, -0.2) is 0 Å². The molecule has 3 aliphatic rings. The van der Waals surface area contributed by atoms with Crippen molar-refractivity contribution in [3.05, 3.63) is 94.0 Å². The monoisotopic (exact) mass is 525 g/mol. The van der Waals surface area contributed by atoms with Crippen molar-refractivity contribution < 1.29 is 23.9 Å². The highest BCUT2D eigenvalue weighted by Gasteiger charge is 2.40. The molecule has 0 aromatic heterocycles. The molecule has 0 bridgehead atoms. The summed E-state index contributed by atoms with van der Waals surface area (Å²) in [6.45, 7) is 3.50. The van der Waals surface area contributed by atoms with Crippen LogP contribution < -0.4 is 14.8 Å². The fourth-order valence-electron chi connectivity index (χ4n) is 5.70. The van der Waals surface area contributed by atoms with E-state index in [0.717, 1.165) is 42.9 Å². The van der Waals surface area contributed by atoms with Crippen LogP contribution in [-0.4, -0.2) is 47.2 Å². The third-order valence-electron chi connectivity index (χ3n) is 7.87. The van der Waals surface area contributed by atoms with Crippen molar-refractivity contribution in [3.63, 3.8) is 0 Å². The molecule has 3 aromatic carbocycles. The molecule has 8 nitrogen and oxygen atoms in total. The van der Waals surface area contributed by atoms with E-state index in [9.17, 15) is 14.4 Å². The molecule has 0 spiro atoms. The van der Waals surface area contributed by atoms with Gasteiger partial charge in [0.25, 0.3) is 5.91 Å². The number of nitrogens with one attached hydrogen (secondary N) is 1. The zero-order valence-electron chi connectivity index (χ0n) is 21.9. The minimum Gasteiger partial charge on any atom is -0.497 e. The van der Waals surface area contributed by atoms with Gasteiger partial charge in [0.15, 0.2) is 0 Å². The summed E-state index contributed by atoms with van der Waals surface area (Å²) in [6, 6.07) is 19.6. The molecule has 39 heavy (non-hydrogen) atoms. The smallest absolute Gasteiger partial charge is 0.255 e. The number of fused-ring (bicyclic) bond motifs is 2. The molecule has 3 heterocycles. The normalized spacial score (nSPS) is 18.9. The molecule has 1 unspecified atom stereocenters. The molecule has 0 aliphatic carbocycles. The van der Waals surface area contributed by atoms with Crippen molar-refractivity contribution in [2.75, 3.05) is 13.7 Å². The predicted octanol–water partition coefficient (Wildman–Crippen LogP) is 3.59. The molecule has 0 saturated carbocycles. The van der Waals surface area contributed by atoms with Crippen molar-refractivity contribution in [2.45, 2.75) is 51.5 Å². The van der Waals surface area contributed by atoms with Crippen molar-refractivity contribution >= 4 is 17.7 Å². The van der Waals surface area contributed by atoms with Crippen LogP contribution in [0, 0.1) is 0 Å². The number of imide groups is 1. The number of rotatable bonds is 7. The van der Waals surface area contributed by atoms with Gasteiger partial charge in [0.2, 0.25) is 11.8 Å². The second-order valence-electron chi connectivity index (χ2n) is 10.4. The van der Waals surface area contributed by atoms with E-state index in [1.165, 1.54) is 16.7 Å². The van der Waals surface area contributed by atoms with Gasteiger partial charge in [-0.05, 0) is 59.4 Å². The first-order chi connectivity index (χ1) is 19.0. The third-order valence-corrected chi connectivity index (χ3v) is 7.87. The SMILES string of the molecule is COc1ccc2c(c1)CCN(Cc1ccc(COc3cccc4c3CN(C3CCC(=O)NC3=O)C4=O)cc1)C2. The topological polar surface area (TPSA) is 88.2 Å². The molecule has 3 aromatic rings. The molecule has 8 heteroatoms. The first-order valence-electron chi connectivity index (χ1n) is 13.3. The lowest BCUT2D eigenvalue weighted by Gasteiger charge is -2.29. The number of carbonyl (C=O) groups excluding carboxylic acids is 3. The molecular weight excluding hydrogens is 494 g/mol. The number of ether oxygens (including phenoxy) is 2. The number of methoxy groups -OCH3 is 1. The van der Waals surface area contributed by atoms with Crippen LogP contribution in [0.15, 0.2) is 60.7 Å². The Morgan fingerprint density at radius 3 is 2.54 bits per heavy atom. The molecule has 3 aliphatic heterocycles. The van der Waals surface area contributed by atoms with Gasteiger partial charge < -0.3 is 14.4 Å². The number of hydrogen-bond acceptors (Lipinski definition) is 6. The first-order valence-corrected chi connectivity index (χ1v) is 13.3. The van der Waals surface area contributed by atoms with Gasteiger partial charge in [0, 0.05) is 37.2 Å². The van der Waals surface area contributed by atoms with Gasteiger partial charge in [-0.15, -0.1) is 0 Å². The van der Waals surface area contributed by atoms with E-state index < -0.39 is 11.9 Å². The summed E-state index contributed by atoms with van der Waals surface area (Å²) in [7, 11) is 1.70. The van der Waals surface area contributed by atoms with E-state index in [-0.39, 0.29) is 18.2 Å². The van der Waals surface area contributed by atoms with Crippen molar-refractivity contribution in [1.82, 2.24) is 15.1 Å². The second kappa shape index (κ2) is 10.5. The third kappa shape index (κ3) is 5.12. The fourth-order valence-corrected chi connectivity index (χ4v) is 5.70. The zero-order chi connectivity index (χ0) is 26.9. The van der Waals surface area contributed by atoms with Crippen LogP contribution in [0.4, 0.5) is 0 Å². The highest BCUT2D eigenvalue weighted by Crippen LogP contribution is 2.34. The average molecular weight is 526 g/mol. The van der Waals surface area contributed by atoms with E-state index in [4.69, 9.17) is 9.47 Å². The Bertz CT molecular complexity index is 1430. The van der Waals surface area contributed by atoms with Crippen LogP contribution in [0.2, 0.25) is 0 Å². The van der Waals surface area contributed by atoms with E-state index in [0.29, 0.717) is 30.9 Å². The van der Waals surface area contributed by atoms with Crippen LogP contribution in [0.25, 0.3) is 0 Å². The van der Waals surface area contributed by atoms with Gasteiger partial charge in [0.1, 0.15) is 24.1 Å². The van der Waals surface area contributed by atoms with Crippen molar-refractivity contribution in [3.8, 4) is 11.5 Å². The Morgan fingerprint density at radius 1 is 0.923 bits per heavy atom. The molecule has 3 amide bonds. The van der Waals surface area contributed by atoms with Gasteiger partial charge in [-0.3, -0.25) is 24.6 Å².